The SMILES string of the molecule is CC(=O)O.CC(C)(C)c1ccc(NN)c(N)c1.CCOC(=O)CC(C)=O.Cc1cc(=O)n(-c2ccc(C(C)(C)C)cc2)[nH]1.Cl. The highest BCUT2D eigenvalue weighted by Crippen LogP contribution is 2.27. The molecule has 0 unspecified atom stereocenters. The van der Waals surface area contributed by atoms with Crippen LogP contribution in [-0.4, -0.2) is 39.2 Å². The van der Waals surface area contributed by atoms with Gasteiger partial charge in [-0.15, -0.1) is 12.4 Å². The van der Waals surface area contributed by atoms with Crippen molar-refractivity contribution in [2.24, 2.45) is 5.84 Å². The van der Waals surface area contributed by atoms with E-state index in [1.165, 1.54) is 18.1 Å². The first kappa shape index (κ1) is 42.0. The topological polar surface area (TPSA) is 183 Å². The Morgan fingerprint density at radius 3 is 1.75 bits per heavy atom. The number of ketones is 1. The fourth-order valence-electron chi connectivity index (χ4n) is 3.39. The molecule has 0 aliphatic heterocycles. The minimum Gasteiger partial charge on any atom is -0.481 e. The van der Waals surface area contributed by atoms with E-state index >= 15 is 0 Å². The van der Waals surface area contributed by atoms with Crippen LogP contribution in [0.15, 0.2) is 53.3 Å². The molecule has 0 saturated carbocycles. The maximum absolute atomic E-state index is 11.7. The number of hydrazine groups is 1. The van der Waals surface area contributed by atoms with Crippen LogP contribution < -0.4 is 22.6 Å². The second kappa shape index (κ2) is 19.2. The number of esters is 1. The number of nitrogen functional groups attached to an aromatic ring is 2. The Morgan fingerprint density at radius 2 is 1.41 bits per heavy atom. The molecule has 0 radical (unpaired) electrons. The molecule has 0 bridgehead atoms. The number of Topliss-reactive ketones (excluding diaryl/α,β-unsaturated/α-hetero) is 1. The zero-order valence-electron chi connectivity index (χ0n) is 27.5. The molecule has 0 aliphatic rings. The van der Waals surface area contributed by atoms with Crippen molar-refractivity contribution in [3.8, 4) is 5.69 Å². The van der Waals surface area contributed by atoms with E-state index in [-0.39, 0.29) is 41.0 Å². The smallest absolute Gasteiger partial charge is 0.313 e. The molecular formula is C32H50ClN5O6. The van der Waals surface area contributed by atoms with Crippen LogP contribution in [0, 0.1) is 6.92 Å². The third kappa shape index (κ3) is 16.5. The summed E-state index contributed by atoms with van der Waals surface area (Å²) in [6, 6.07) is 15.6. The third-order valence-corrected chi connectivity index (χ3v) is 5.61. The molecular weight excluding hydrogens is 586 g/mol. The molecule has 0 atom stereocenters. The first-order valence-corrected chi connectivity index (χ1v) is 13.8. The Labute approximate surface area is 266 Å². The Hall–Kier alpha value is -4.09. The Balaban J connectivity index is 0. The largest absolute Gasteiger partial charge is 0.481 e. The highest BCUT2D eigenvalue weighted by Gasteiger charge is 2.15. The number of aryl methyl sites for hydroxylation is 1. The molecule has 44 heavy (non-hydrogen) atoms. The highest BCUT2D eigenvalue weighted by molar-refractivity contribution is 5.94. The summed E-state index contributed by atoms with van der Waals surface area (Å²) in [5, 5.41) is 10.4. The van der Waals surface area contributed by atoms with Crippen LogP contribution >= 0.6 is 12.4 Å². The minimum atomic E-state index is -0.833. The number of carbonyl (C=O) groups is 3. The van der Waals surface area contributed by atoms with E-state index < -0.39 is 11.9 Å². The Bertz CT molecular complexity index is 1380. The quantitative estimate of drug-likeness (QED) is 0.0775. The van der Waals surface area contributed by atoms with Crippen molar-refractivity contribution in [2.45, 2.75) is 86.5 Å². The molecule has 11 nitrogen and oxygen atoms in total. The number of benzene rings is 2. The maximum Gasteiger partial charge on any atom is 0.313 e. The van der Waals surface area contributed by atoms with E-state index in [4.69, 9.17) is 21.5 Å². The number of rotatable bonds is 5. The number of ether oxygens (including phenoxy) is 1. The minimum absolute atomic E-state index is 0. The molecule has 12 heteroatoms. The number of halogens is 1. The van der Waals surface area contributed by atoms with E-state index in [1.54, 1.807) is 17.7 Å². The van der Waals surface area contributed by atoms with Crippen LogP contribution in [-0.2, 0) is 30.0 Å². The van der Waals surface area contributed by atoms with Gasteiger partial charge in [0.2, 0.25) is 0 Å². The molecule has 3 rings (SSSR count). The summed E-state index contributed by atoms with van der Waals surface area (Å²) in [6.07, 6.45) is -0.103. The molecule has 246 valence electrons. The number of aliphatic carboxylic acids is 1. The van der Waals surface area contributed by atoms with Gasteiger partial charge in [0.15, 0.2) is 0 Å². The van der Waals surface area contributed by atoms with Gasteiger partial charge < -0.3 is 21.0 Å². The van der Waals surface area contributed by atoms with E-state index in [0.717, 1.165) is 24.0 Å². The van der Waals surface area contributed by atoms with Gasteiger partial charge in [-0.05, 0) is 67.0 Å². The predicted molar refractivity (Wildman–Crippen MR) is 180 cm³/mol. The van der Waals surface area contributed by atoms with Gasteiger partial charge in [-0.2, -0.15) is 0 Å². The molecule has 7 N–H and O–H groups in total. The van der Waals surface area contributed by atoms with E-state index in [2.05, 4.69) is 68.9 Å². The molecule has 0 spiro atoms. The first-order chi connectivity index (χ1) is 19.7. The lowest BCUT2D eigenvalue weighted by Gasteiger charge is -2.20. The summed E-state index contributed by atoms with van der Waals surface area (Å²) in [7, 11) is 0. The molecule has 0 aliphatic carbocycles. The van der Waals surface area contributed by atoms with E-state index in [9.17, 15) is 14.4 Å². The van der Waals surface area contributed by atoms with Gasteiger partial charge in [0.1, 0.15) is 12.2 Å². The number of anilines is 2. The van der Waals surface area contributed by atoms with Crippen LogP contribution in [0.25, 0.3) is 5.69 Å². The van der Waals surface area contributed by atoms with Gasteiger partial charge in [-0.3, -0.25) is 30.1 Å². The number of hydrogen-bond acceptors (Lipinski definition) is 8. The zero-order chi connectivity index (χ0) is 33.5. The zero-order valence-corrected chi connectivity index (χ0v) is 28.3. The summed E-state index contributed by atoms with van der Waals surface area (Å²) in [5.41, 5.74) is 14.2. The average molecular weight is 636 g/mol. The summed E-state index contributed by atoms with van der Waals surface area (Å²) in [4.78, 5) is 41.3. The summed E-state index contributed by atoms with van der Waals surface area (Å²) in [6.45, 7) is 19.3. The van der Waals surface area contributed by atoms with Crippen molar-refractivity contribution in [1.82, 2.24) is 9.78 Å². The first-order valence-electron chi connectivity index (χ1n) is 13.8. The maximum atomic E-state index is 11.7. The van der Waals surface area contributed by atoms with Crippen LogP contribution in [0.4, 0.5) is 11.4 Å². The number of H-pyrrole nitrogens is 1. The van der Waals surface area contributed by atoms with Crippen molar-refractivity contribution in [2.75, 3.05) is 17.8 Å². The average Bonchev–Trinajstić information content (AvgIpc) is 3.21. The standard InChI is InChI=1S/C14H18N2O.C10H17N3.C6H10O3.C2H4O2.ClH/c1-10-9-13(17)16(15-10)12-7-5-11(6-8-12)14(2,3)4;1-10(2,3)7-4-5-9(13-12)8(11)6-7;1-3-9-6(8)4-5(2)7;1-2(3)4;/h5-9,15H,1-4H3;4-6,13H,11-12H2,1-3H3;3-4H2,1-2H3;1H3,(H,3,4);1H. The Morgan fingerprint density at radius 1 is 0.932 bits per heavy atom. The molecule has 0 amide bonds. The third-order valence-electron chi connectivity index (χ3n) is 5.61. The Kier molecular flexibility index (Phi) is 18.4. The van der Waals surface area contributed by atoms with Crippen LogP contribution in [0.3, 0.4) is 0 Å². The number of hydrogen-bond donors (Lipinski definition) is 5. The number of aromatic nitrogens is 2. The molecule has 1 aromatic heterocycles. The van der Waals surface area contributed by atoms with Crippen LogP contribution in [0.1, 0.15) is 85.6 Å². The number of nitrogens with zero attached hydrogens (tertiary/aromatic N) is 1. The number of aromatic amines is 1. The predicted octanol–water partition coefficient (Wildman–Crippen LogP) is 5.66. The van der Waals surface area contributed by atoms with Crippen molar-refractivity contribution in [3.63, 3.8) is 0 Å². The number of carboxylic acid groups (broad SMARTS) is 1. The van der Waals surface area contributed by atoms with Gasteiger partial charge in [0.05, 0.1) is 23.7 Å². The molecule has 2 aromatic carbocycles. The fourth-order valence-corrected chi connectivity index (χ4v) is 3.39. The number of nitrogens with one attached hydrogen (secondary N) is 2. The van der Waals surface area contributed by atoms with Crippen molar-refractivity contribution >= 4 is 41.5 Å². The van der Waals surface area contributed by atoms with Crippen molar-refractivity contribution in [1.29, 1.82) is 0 Å². The van der Waals surface area contributed by atoms with Crippen LogP contribution in [0.2, 0.25) is 0 Å². The second-order valence-corrected chi connectivity index (χ2v) is 11.8. The number of carboxylic acids is 1. The lowest BCUT2D eigenvalue weighted by atomic mass is 9.87. The fraction of sp³-hybridized carbons (Fsp3) is 0.438. The van der Waals surface area contributed by atoms with E-state index in [0.29, 0.717) is 12.3 Å². The van der Waals surface area contributed by atoms with Crippen molar-refractivity contribution in [3.05, 3.63) is 75.7 Å². The summed E-state index contributed by atoms with van der Waals surface area (Å²) in [5.74, 6) is 3.85. The molecule has 3 aromatic rings. The number of carbonyl (C=O) groups excluding carboxylic acids is 2. The van der Waals surface area contributed by atoms with Gasteiger partial charge in [0, 0.05) is 18.7 Å². The lowest BCUT2D eigenvalue weighted by molar-refractivity contribution is -0.145. The van der Waals surface area contributed by atoms with Crippen LogP contribution in [0.5, 0.6) is 0 Å². The van der Waals surface area contributed by atoms with Gasteiger partial charge in [-0.1, -0.05) is 59.7 Å². The van der Waals surface area contributed by atoms with Gasteiger partial charge in [0.25, 0.3) is 11.5 Å². The lowest BCUT2D eigenvalue weighted by Crippen LogP contribution is -2.15. The van der Waals surface area contributed by atoms with E-state index in [1.807, 2.05) is 37.3 Å². The van der Waals surface area contributed by atoms with Gasteiger partial charge in [-0.25, -0.2) is 4.68 Å². The number of nitrogens with two attached hydrogens (primary N) is 2. The molecule has 1 heterocycles. The van der Waals surface area contributed by atoms with Crippen molar-refractivity contribution < 1.29 is 24.2 Å². The highest BCUT2D eigenvalue weighted by atomic mass is 35.5. The molecule has 0 fully saturated rings. The second-order valence-electron chi connectivity index (χ2n) is 11.8. The normalized spacial score (nSPS) is 10.2. The summed E-state index contributed by atoms with van der Waals surface area (Å²) >= 11 is 0. The summed E-state index contributed by atoms with van der Waals surface area (Å²) < 4.78 is 6.05. The molecule has 0 saturated heterocycles. The monoisotopic (exact) mass is 635 g/mol. The van der Waals surface area contributed by atoms with Gasteiger partial charge >= 0.3 is 5.97 Å².